The lowest BCUT2D eigenvalue weighted by molar-refractivity contribution is -0.129. The summed E-state index contributed by atoms with van der Waals surface area (Å²) in [6, 6.07) is 5.72. The smallest absolute Gasteiger partial charge is 0.223 e. The highest BCUT2D eigenvalue weighted by molar-refractivity contribution is 6.18. The van der Waals surface area contributed by atoms with Crippen molar-refractivity contribution in [3.8, 4) is 11.5 Å². The van der Waals surface area contributed by atoms with E-state index in [1.807, 2.05) is 18.2 Å². The molecule has 0 heterocycles. The highest BCUT2D eigenvalue weighted by Crippen LogP contribution is 2.28. The number of methoxy groups -OCH3 is 1. The molecule has 0 atom stereocenters. The SMILES string of the molecule is CCCOc1ccc(CN(C)C(=O)CCCl)cc1OC. The van der Waals surface area contributed by atoms with Crippen LogP contribution in [0.25, 0.3) is 0 Å². The van der Waals surface area contributed by atoms with Crippen molar-refractivity contribution in [2.45, 2.75) is 26.3 Å². The highest BCUT2D eigenvalue weighted by Gasteiger charge is 2.11. The van der Waals surface area contributed by atoms with Crippen molar-refractivity contribution < 1.29 is 14.3 Å². The van der Waals surface area contributed by atoms with Gasteiger partial charge in [-0.15, -0.1) is 11.6 Å². The Morgan fingerprint density at radius 2 is 2.10 bits per heavy atom. The summed E-state index contributed by atoms with van der Waals surface area (Å²) in [5.41, 5.74) is 0.996. The lowest BCUT2D eigenvalue weighted by atomic mass is 10.2. The molecule has 0 unspecified atom stereocenters. The van der Waals surface area contributed by atoms with E-state index in [1.165, 1.54) is 0 Å². The van der Waals surface area contributed by atoms with E-state index in [1.54, 1.807) is 19.1 Å². The molecule has 1 aromatic carbocycles. The molecule has 0 aliphatic carbocycles. The number of alkyl halides is 1. The zero-order chi connectivity index (χ0) is 15.0. The Labute approximate surface area is 125 Å². The van der Waals surface area contributed by atoms with Crippen LogP contribution in [0.15, 0.2) is 18.2 Å². The van der Waals surface area contributed by atoms with Gasteiger partial charge in [0.25, 0.3) is 0 Å². The fourth-order valence-corrected chi connectivity index (χ4v) is 1.94. The highest BCUT2D eigenvalue weighted by atomic mass is 35.5. The van der Waals surface area contributed by atoms with E-state index in [0.29, 0.717) is 31.2 Å². The second-order valence-electron chi connectivity index (χ2n) is 4.52. The monoisotopic (exact) mass is 299 g/mol. The summed E-state index contributed by atoms with van der Waals surface area (Å²) in [4.78, 5) is 13.4. The standard InChI is InChI=1S/C15H22ClNO3/c1-4-9-20-13-6-5-12(10-14(13)19-3)11-17(2)15(18)7-8-16/h5-6,10H,4,7-9,11H2,1-3H3. The van der Waals surface area contributed by atoms with Gasteiger partial charge in [0.2, 0.25) is 5.91 Å². The molecule has 1 rings (SSSR count). The van der Waals surface area contributed by atoms with Crippen LogP contribution in [0.1, 0.15) is 25.3 Å². The predicted octanol–water partition coefficient (Wildman–Crippen LogP) is 3.07. The van der Waals surface area contributed by atoms with Crippen LogP contribution in [0.2, 0.25) is 0 Å². The van der Waals surface area contributed by atoms with Gasteiger partial charge in [0.15, 0.2) is 11.5 Å². The van der Waals surface area contributed by atoms with Crippen molar-refractivity contribution in [3.63, 3.8) is 0 Å². The third-order valence-corrected chi connectivity index (χ3v) is 3.03. The minimum Gasteiger partial charge on any atom is -0.493 e. The Kier molecular flexibility index (Phi) is 7.23. The van der Waals surface area contributed by atoms with Gasteiger partial charge in [0, 0.05) is 25.9 Å². The normalized spacial score (nSPS) is 10.2. The van der Waals surface area contributed by atoms with Crippen molar-refractivity contribution in [3.05, 3.63) is 23.8 Å². The molecule has 112 valence electrons. The van der Waals surface area contributed by atoms with Crippen LogP contribution in [0.4, 0.5) is 0 Å². The van der Waals surface area contributed by atoms with Crippen LogP contribution in [0.3, 0.4) is 0 Å². The summed E-state index contributed by atoms with van der Waals surface area (Å²) >= 11 is 5.58. The number of carbonyl (C=O) groups excluding carboxylic acids is 1. The van der Waals surface area contributed by atoms with Crippen molar-refractivity contribution in [1.29, 1.82) is 0 Å². The molecule has 0 aromatic heterocycles. The molecule has 0 aliphatic rings. The molecule has 1 amide bonds. The van der Waals surface area contributed by atoms with Gasteiger partial charge >= 0.3 is 0 Å². The number of amides is 1. The van der Waals surface area contributed by atoms with Crippen LogP contribution in [0.5, 0.6) is 11.5 Å². The Morgan fingerprint density at radius 3 is 2.70 bits per heavy atom. The van der Waals surface area contributed by atoms with Gasteiger partial charge in [0.1, 0.15) is 0 Å². The van der Waals surface area contributed by atoms with Gasteiger partial charge < -0.3 is 14.4 Å². The first kappa shape index (κ1) is 16.6. The van der Waals surface area contributed by atoms with E-state index < -0.39 is 0 Å². The molecule has 0 aliphatic heterocycles. The first-order valence-corrected chi connectivity index (χ1v) is 7.25. The minimum atomic E-state index is 0.0327. The molecule has 20 heavy (non-hydrogen) atoms. The maximum atomic E-state index is 11.7. The average Bonchev–Trinajstić information content (AvgIpc) is 2.45. The van der Waals surface area contributed by atoms with Crippen LogP contribution in [-0.2, 0) is 11.3 Å². The van der Waals surface area contributed by atoms with Gasteiger partial charge in [-0.3, -0.25) is 4.79 Å². The number of benzene rings is 1. The molecule has 0 saturated heterocycles. The molecule has 0 spiro atoms. The fourth-order valence-electron chi connectivity index (χ4n) is 1.78. The van der Waals surface area contributed by atoms with Crippen molar-refractivity contribution in [2.24, 2.45) is 0 Å². The number of hydrogen-bond donors (Lipinski definition) is 0. The van der Waals surface area contributed by atoms with E-state index in [-0.39, 0.29) is 5.91 Å². The molecule has 4 nitrogen and oxygen atoms in total. The van der Waals surface area contributed by atoms with Gasteiger partial charge in [-0.25, -0.2) is 0 Å². The average molecular weight is 300 g/mol. The molecule has 0 fully saturated rings. The predicted molar refractivity (Wildman–Crippen MR) is 80.6 cm³/mol. The number of carbonyl (C=O) groups is 1. The van der Waals surface area contributed by atoms with Crippen LogP contribution < -0.4 is 9.47 Å². The van der Waals surface area contributed by atoms with Crippen molar-refractivity contribution in [2.75, 3.05) is 26.6 Å². The summed E-state index contributed by atoms with van der Waals surface area (Å²) in [5, 5.41) is 0. The summed E-state index contributed by atoms with van der Waals surface area (Å²) in [6.07, 6.45) is 1.30. The molecule has 5 heteroatoms. The summed E-state index contributed by atoms with van der Waals surface area (Å²) in [7, 11) is 3.38. The molecule has 0 N–H and O–H groups in total. The summed E-state index contributed by atoms with van der Waals surface area (Å²) < 4.78 is 10.9. The number of hydrogen-bond acceptors (Lipinski definition) is 3. The van der Waals surface area contributed by atoms with Crippen molar-refractivity contribution >= 4 is 17.5 Å². The van der Waals surface area contributed by atoms with E-state index in [0.717, 1.165) is 17.7 Å². The maximum Gasteiger partial charge on any atom is 0.223 e. The Hall–Kier alpha value is -1.42. The summed E-state index contributed by atoms with van der Waals surface area (Å²) in [5.74, 6) is 1.79. The largest absolute Gasteiger partial charge is 0.493 e. The first-order chi connectivity index (χ1) is 9.62. The Balaban J connectivity index is 2.74. The molecule has 0 saturated carbocycles. The van der Waals surface area contributed by atoms with E-state index in [2.05, 4.69) is 6.92 Å². The molecule has 0 radical (unpaired) electrons. The third-order valence-electron chi connectivity index (χ3n) is 2.84. The third kappa shape index (κ3) is 4.93. The van der Waals surface area contributed by atoms with Crippen molar-refractivity contribution in [1.82, 2.24) is 4.90 Å². The summed E-state index contributed by atoms with van der Waals surface area (Å²) in [6.45, 7) is 3.24. The fraction of sp³-hybridized carbons (Fsp3) is 0.533. The lowest BCUT2D eigenvalue weighted by Gasteiger charge is -2.18. The first-order valence-electron chi connectivity index (χ1n) is 6.72. The molecular weight excluding hydrogens is 278 g/mol. The minimum absolute atomic E-state index is 0.0327. The lowest BCUT2D eigenvalue weighted by Crippen LogP contribution is -2.26. The number of ether oxygens (including phenoxy) is 2. The van der Waals surface area contributed by atoms with Crippen LogP contribution in [-0.4, -0.2) is 37.5 Å². The molecule has 1 aromatic rings. The zero-order valence-corrected chi connectivity index (χ0v) is 13.1. The van der Waals surface area contributed by atoms with E-state index in [9.17, 15) is 4.79 Å². The Morgan fingerprint density at radius 1 is 1.35 bits per heavy atom. The number of rotatable bonds is 8. The van der Waals surface area contributed by atoms with Crippen LogP contribution >= 0.6 is 11.6 Å². The zero-order valence-electron chi connectivity index (χ0n) is 12.3. The van der Waals surface area contributed by atoms with E-state index in [4.69, 9.17) is 21.1 Å². The quantitative estimate of drug-likeness (QED) is 0.693. The number of halogens is 1. The Bertz CT molecular complexity index is 437. The van der Waals surface area contributed by atoms with E-state index >= 15 is 0 Å². The second kappa shape index (κ2) is 8.69. The molecule has 0 bridgehead atoms. The van der Waals surface area contributed by atoms with Gasteiger partial charge in [-0.2, -0.15) is 0 Å². The van der Waals surface area contributed by atoms with Gasteiger partial charge in [-0.05, 0) is 24.1 Å². The number of nitrogens with zero attached hydrogens (tertiary/aromatic N) is 1. The maximum absolute atomic E-state index is 11.7. The van der Waals surface area contributed by atoms with Gasteiger partial charge in [0.05, 0.1) is 13.7 Å². The van der Waals surface area contributed by atoms with Crippen LogP contribution in [0, 0.1) is 0 Å². The molecular formula is C15H22ClNO3. The topological polar surface area (TPSA) is 38.8 Å². The second-order valence-corrected chi connectivity index (χ2v) is 4.90. The van der Waals surface area contributed by atoms with Gasteiger partial charge in [-0.1, -0.05) is 13.0 Å².